The molecule has 0 aromatic carbocycles. The topological polar surface area (TPSA) is 247 Å². The highest BCUT2D eigenvalue weighted by Crippen LogP contribution is 2.25. The number of nitrogens with zero attached hydrogens (tertiary/aromatic N) is 4. The summed E-state index contributed by atoms with van der Waals surface area (Å²) in [4.78, 5) is 121. The summed E-state index contributed by atoms with van der Waals surface area (Å²) in [5, 5.41) is 22.1. The molecule has 6 N–H and O–H groups in total. The SMILES string of the molecule is C[C@H](NC(=O)[C@@H]1CCCN1C(=O)CNC(=O)[C@@H]1CCCN1C(=O)[C@@H]1CCCN1)C(=O)NCC(=O)N1CCC[C@H]1C(=O)N1CCC[C@H]1C(=O)NCC(=O)O. The maximum Gasteiger partial charge on any atom is 0.322 e. The van der Waals surface area contributed by atoms with Crippen molar-refractivity contribution in [3.63, 3.8) is 0 Å². The summed E-state index contributed by atoms with van der Waals surface area (Å²) in [7, 11) is 0. The summed E-state index contributed by atoms with van der Waals surface area (Å²) >= 11 is 0. The molecule has 0 bridgehead atoms. The van der Waals surface area contributed by atoms with Gasteiger partial charge in [0.2, 0.25) is 47.3 Å². The number of amides is 8. The van der Waals surface area contributed by atoms with Crippen molar-refractivity contribution >= 4 is 53.2 Å². The lowest BCUT2D eigenvalue weighted by Gasteiger charge is -2.31. The fourth-order valence-corrected chi connectivity index (χ4v) is 8.01. The van der Waals surface area contributed by atoms with Gasteiger partial charge >= 0.3 is 5.97 Å². The first-order valence-corrected chi connectivity index (χ1v) is 18.7. The van der Waals surface area contributed by atoms with Crippen LogP contribution in [0.3, 0.4) is 0 Å². The molecule has 53 heavy (non-hydrogen) atoms. The minimum absolute atomic E-state index is 0.101. The van der Waals surface area contributed by atoms with E-state index < -0.39 is 90.6 Å². The van der Waals surface area contributed by atoms with Crippen molar-refractivity contribution in [2.75, 3.05) is 52.4 Å². The van der Waals surface area contributed by atoms with Gasteiger partial charge in [0.15, 0.2) is 0 Å². The third-order valence-corrected chi connectivity index (χ3v) is 10.8. The van der Waals surface area contributed by atoms with Gasteiger partial charge in [-0.1, -0.05) is 0 Å². The second kappa shape index (κ2) is 17.8. The molecule has 0 spiro atoms. The average molecular weight is 746 g/mol. The fourth-order valence-electron chi connectivity index (χ4n) is 8.01. The number of aliphatic carboxylic acids is 1. The van der Waals surface area contributed by atoms with Crippen LogP contribution in [0.25, 0.3) is 0 Å². The van der Waals surface area contributed by atoms with Gasteiger partial charge in [0, 0.05) is 26.2 Å². The second-order valence-corrected chi connectivity index (χ2v) is 14.3. The molecule has 5 heterocycles. The van der Waals surface area contributed by atoms with Crippen molar-refractivity contribution in [2.45, 2.75) is 107 Å². The summed E-state index contributed by atoms with van der Waals surface area (Å²) in [6.45, 7) is 2.23. The number of nitrogens with one attached hydrogen (secondary N) is 5. The molecule has 5 aliphatic heterocycles. The molecule has 8 amide bonds. The molecule has 5 saturated heterocycles. The second-order valence-electron chi connectivity index (χ2n) is 14.3. The van der Waals surface area contributed by atoms with E-state index in [0.29, 0.717) is 71.0 Å². The van der Waals surface area contributed by atoms with Gasteiger partial charge in [-0.05, 0) is 77.7 Å². The first-order valence-electron chi connectivity index (χ1n) is 18.7. The van der Waals surface area contributed by atoms with Crippen LogP contribution in [0.5, 0.6) is 0 Å². The van der Waals surface area contributed by atoms with Crippen molar-refractivity contribution in [3.8, 4) is 0 Å². The zero-order valence-corrected chi connectivity index (χ0v) is 30.1. The molecular formula is C34H51N9O10. The van der Waals surface area contributed by atoms with E-state index in [-0.39, 0.29) is 25.0 Å². The number of likely N-dealkylation sites (tertiary alicyclic amines) is 4. The minimum Gasteiger partial charge on any atom is -0.480 e. The molecule has 0 unspecified atom stereocenters. The summed E-state index contributed by atoms with van der Waals surface area (Å²) in [6.07, 6.45) is 5.59. The van der Waals surface area contributed by atoms with Crippen LogP contribution in [-0.2, 0) is 43.2 Å². The molecule has 0 radical (unpaired) electrons. The first-order chi connectivity index (χ1) is 25.4. The van der Waals surface area contributed by atoms with Crippen molar-refractivity contribution in [3.05, 3.63) is 0 Å². The standard InChI is InChI=1S/C34H51N9O10/c1-20(29(48)36-17-27(45)41-14-6-11-25(41)34(53)43-16-5-9-23(43)31(50)38-19-28(46)47)39-32(51)24-10-3-13-40(24)26(44)18-37-30(49)22-8-4-15-42(22)33(52)21-7-2-12-35-21/h20-25,35H,2-19H2,1H3,(H,36,48)(H,37,49)(H,38,50)(H,39,51)(H,46,47)/t20-,21-,22-,23-,24-,25-/m0/s1. The Morgan fingerprint density at radius 2 is 1.06 bits per heavy atom. The number of carbonyl (C=O) groups is 9. The van der Waals surface area contributed by atoms with Crippen LogP contribution in [0.4, 0.5) is 0 Å². The van der Waals surface area contributed by atoms with Gasteiger partial charge < -0.3 is 51.3 Å². The lowest BCUT2D eigenvalue weighted by atomic mass is 10.1. The number of hydrogen-bond donors (Lipinski definition) is 6. The maximum absolute atomic E-state index is 13.4. The average Bonchev–Trinajstić information content (AvgIpc) is 3.99. The van der Waals surface area contributed by atoms with Gasteiger partial charge in [-0.15, -0.1) is 0 Å². The number of rotatable bonds is 13. The number of carboxylic acids is 1. The van der Waals surface area contributed by atoms with E-state index in [2.05, 4.69) is 26.6 Å². The molecule has 0 saturated carbocycles. The van der Waals surface area contributed by atoms with Crippen molar-refractivity contribution in [1.82, 2.24) is 46.2 Å². The third-order valence-electron chi connectivity index (χ3n) is 10.8. The van der Waals surface area contributed by atoms with Gasteiger partial charge in [-0.3, -0.25) is 43.2 Å². The Hall–Kier alpha value is -4.81. The Bertz CT molecular complexity index is 1470. The van der Waals surface area contributed by atoms with Crippen LogP contribution in [-0.4, -0.2) is 167 Å². The van der Waals surface area contributed by atoms with E-state index >= 15 is 0 Å². The van der Waals surface area contributed by atoms with Gasteiger partial charge in [-0.2, -0.15) is 0 Å². The minimum atomic E-state index is -1.20. The quantitative estimate of drug-likeness (QED) is 0.109. The van der Waals surface area contributed by atoms with Crippen LogP contribution < -0.4 is 26.6 Å². The highest BCUT2D eigenvalue weighted by atomic mass is 16.4. The largest absolute Gasteiger partial charge is 0.480 e. The van der Waals surface area contributed by atoms with Crippen molar-refractivity contribution < 1.29 is 48.3 Å². The monoisotopic (exact) mass is 745 g/mol. The van der Waals surface area contributed by atoms with Crippen LogP contribution in [0, 0.1) is 0 Å². The lowest BCUT2D eigenvalue weighted by Crippen LogP contribution is -2.56. The lowest BCUT2D eigenvalue weighted by molar-refractivity contribution is -0.147. The van der Waals surface area contributed by atoms with Crippen LogP contribution >= 0.6 is 0 Å². The molecule has 292 valence electrons. The van der Waals surface area contributed by atoms with Gasteiger partial charge in [-0.25, -0.2) is 0 Å². The molecule has 5 rings (SSSR count). The zero-order chi connectivity index (χ0) is 38.2. The van der Waals surface area contributed by atoms with E-state index in [9.17, 15) is 43.2 Å². The summed E-state index contributed by atoms with van der Waals surface area (Å²) in [5.74, 6) is -4.84. The van der Waals surface area contributed by atoms with E-state index in [4.69, 9.17) is 5.11 Å². The van der Waals surface area contributed by atoms with E-state index in [0.717, 1.165) is 19.4 Å². The first kappa shape index (κ1) is 39.4. The molecule has 5 fully saturated rings. The molecule has 19 heteroatoms. The smallest absolute Gasteiger partial charge is 0.322 e. The van der Waals surface area contributed by atoms with Gasteiger partial charge in [0.05, 0.1) is 19.1 Å². The predicted octanol–water partition coefficient (Wildman–Crippen LogP) is -3.36. The van der Waals surface area contributed by atoms with Crippen LogP contribution in [0.2, 0.25) is 0 Å². The highest BCUT2D eigenvalue weighted by molar-refractivity contribution is 5.97. The van der Waals surface area contributed by atoms with Gasteiger partial charge in [0.1, 0.15) is 36.8 Å². The molecule has 5 aliphatic rings. The number of carboxylic acid groups (broad SMARTS) is 1. The van der Waals surface area contributed by atoms with Crippen LogP contribution in [0.1, 0.15) is 71.1 Å². The fraction of sp³-hybridized carbons (Fsp3) is 0.735. The molecule has 0 aliphatic carbocycles. The normalized spacial score (nSPS) is 25.9. The number of hydrogen-bond acceptors (Lipinski definition) is 10. The third kappa shape index (κ3) is 9.41. The Labute approximate surface area is 307 Å². The highest BCUT2D eigenvalue weighted by Gasteiger charge is 2.43. The summed E-state index contributed by atoms with van der Waals surface area (Å²) < 4.78 is 0. The maximum atomic E-state index is 13.4. The molecule has 0 aromatic rings. The molecule has 6 atom stereocenters. The Morgan fingerprint density at radius 3 is 1.60 bits per heavy atom. The summed E-state index contributed by atoms with van der Waals surface area (Å²) in [6, 6.07) is -4.51. The van der Waals surface area contributed by atoms with E-state index in [1.165, 1.54) is 21.6 Å². The van der Waals surface area contributed by atoms with Gasteiger partial charge in [0.25, 0.3) is 0 Å². The Kier molecular flexibility index (Phi) is 13.2. The Morgan fingerprint density at radius 1 is 0.585 bits per heavy atom. The van der Waals surface area contributed by atoms with Crippen LogP contribution in [0.15, 0.2) is 0 Å². The number of carbonyl (C=O) groups excluding carboxylic acids is 8. The van der Waals surface area contributed by atoms with E-state index in [1.807, 2.05) is 0 Å². The molecule has 19 nitrogen and oxygen atoms in total. The zero-order valence-electron chi connectivity index (χ0n) is 30.1. The molecule has 0 aromatic heterocycles. The predicted molar refractivity (Wildman–Crippen MR) is 184 cm³/mol. The van der Waals surface area contributed by atoms with Crippen molar-refractivity contribution in [2.24, 2.45) is 0 Å². The van der Waals surface area contributed by atoms with Crippen molar-refractivity contribution in [1.29, 1.82) is 0 Å². The Balaban J connectivity index is 1.06. The summed E-state index contributed by atoms with van der Waals surface area (Å²) in [5.41, 5.74) is 0. The molecular weight excluding hydrogens is 694 g/mol. The van der Waals surface area contributed by atoms with E-state index in [1.54, 1.807) is 4.90 Å².